The standard InChI is InChI=1S/C65H43N3/c1-4-20-46(21-5-1)66(47-22-6-2-7-23-47)50-36-39-61-58(41-50)54-27-13-16-30-60(54)65(61)59-29-15-12-26-53(59)55-37-34-51(42-62(55)65)67(49-33-32-44-18-10-11-19-45(44)40-49)52-35-38-57-56-28-14-17-31-63(56)68(64(57)43-52)48-24-8-3-9-25-48/h1-43H. The van der Waals surface area contributed by atoms with Crippen LogP contribution >= 0.6 is 0 Å². The van der Waals surface area contributed by atoms with Crippen molar-refractivity contribution in [3.05, 3.63) is 283 Å². The van der Waals surface area contributed by atoms with Crippen LogP contribution in [0.3, 0.4) is 0 Å². The number of fused-ring (bicyclic) bond motifs is 14. The summed E-state index contributed by atoms with van der Waals surface area (Å²) in [5, 5.41) is 4.89. The fourth-order valence-electron chi connectivity index (χ4n) is 11.7. The lowest BCUT2D eigenvalue weighted by atomic mass is 9.70. The zero-order valence-corrected chi connectivity index (χ0v) is 37.2. The Balaban J connectivity index is 1.01. The highest BCUT2D eigenvalue weighted by molar-refractivity contribution is 6.10. The predicted molar refractivity (Wildman–Crippen MR) is 284 cm³/mol. The van der Waals surface area contributed by atoms with Gasteiger partial charge in [-0.2, -0.15) is 0 Å². The number of nitrogens with zero attached hydrogens (tertiary/aromatic N) is 3. The van der Waals surface area contributed by atoms with Crippen LogP contribution in [0.5, 0.6) is 0 Å². The van der Waals surface area contributed by atoms with Crippen molar-refractivity contribution in [2.75, 3.05) is 9.80 Å². The summed E-state index contributed by atoms with van der Waals surface area (Å²) in [6.07, 6.45) is 0. The van der Waals surface area contributed by atoms with E-state index in [9.17, 15) is 0 Å². The van der Waals surface area contributed by atoms with Crippen LogP contribution in [0.2, 0.25) is 0 Å². The maximum absolute atomic E-state index is 2.50. The highest BCUT2D eigenvalue weighted by Gasteiger charge is 2.52. The van der Waals surface area contributed by atoms with Gasteiger partial charge in [0.15, 0.2) is 0 Å². The average Bonchev–Trinajstić information content (AvgIpc) is 4.01. The smallest absolute Gasteiger partial charge is 0.0726 e. The molecular formula is C65H43N3. The third-order valence-electron chi connectivity index (χ3n) is 14.5. The topological polar surface area (TPSA) is 11.4 Å². The molecule has 68 heavy (non-hydrogen) atoms. The first kappa shape index (κ1) is 38.4. The van der Waals surface area contributed by atoms with E-state index in [1.807, 2.05) is 0 Å². The van der Waals surface area contributed by atoms with Crippen molar-refractivity contribution in [2.24, 2.45) is 0 Å². The van der Waals surface area contributed by atoms with Gasteiger partial charge in [-0.1, -0.05) is 170 Å². The third kappa shape index (κ3) is 5.60. The van der Waals surface area contributed by atoms with Gasteiger partial charge in [-0.15, -0.1) is 0 Å². The van der Waals surface area contributed by atoms with Gasteiger partial charge in [0, 0.05) is 50.6 Å². The van der Waals surface area contributed by atoms with Crippen LogP contribution < -0.4 is 9.80 Å². The first-order chi connectivity index (χ1) is 33.7. The van der Waals surface area contributed by atoms with Crippen molar-refractivity contribution in [2.45, 2.75) is 5.41 Å². The minimum Gasteiger partial charge on any atom is -0.310 e. The van der Waals surface area contributed by atoms with E-state index in [0.29, 0.717) is 0 Å². The van der Waals surface area contributed by atoms with Crippen molar-refractivity contribution in [1.82, 2.24) is 4.57 Å². The molecule has 0 fully saturated rings. The number of anilines is 6. The van der Waals surface area contributed by atoms with Crippen LogP contribution in [0.1, 0.15) is 22.3 Å². The van der Waals surface area contributed by atoms with Crippen molar-refractivity contribution < 1.29 is 0 Å². The molecule has 1 heterocycles. The summed E-state index contributed by atoms with van der Waals surface area (Å²) >= 11 is 0. The molecule has 0 aliphatic heterocycles. The SMILES string of the molecule is c1ccc(N(c2ccccc2)c2ccc3c(c2)-c2ccccc2C32c3ccccc3-c3ccc(N(c4ccc5ccccc5c4)c4ccc5c6ccccc6n(-c6ccccc6)c5c4)cc32)cc1. The van der Waals surface area contributed by atoms with E-state index >= 15 is 0 Å². The second-order valence-electron chi connectivity index (χ2n) is 18.1. The fourth-order valence-corrected chi connectivity index (χ4v) is 11.7. The molecule has 1 atom stereocenters. The summed E-state index contributed by atoms with van der Waals surface area (Å²) < 4.78 is 2.42. The molecule has 14 rings (SSSR count). The van der Waals surface area contributed by atoms with Gasteiger partial charge in [0.2, 0.25) is 0 Å². The molecule has 3 heteroatoms. The van der Waals surface area contributed by atoms with Crippen molar-refractivity contribution in [1.29, 1.82) is 0 Å². The summed E-state index contributed by atoms with van der Waals surface area (Å²) in [7, 11) is 0. The molecule has 0 N–H and O–H groups in total. The predicted octanol–water partition coefficient (Wildman–Crippen LogP) is 17.2. The molecule has 2 aliphatic carbocycles. The van der Waals surface area contributed by atoms with Crippen LogP contribution in [0, 0.1) is 0 Å². The van der Waals surface area contributed by atoms with Crippen LogP contribution in [-0.4, -0.2) is 4.57 Å². The molecule has 3 nitrogen and oxygen atoms in total. The Kier molecular flexibility index (Phi) is 8.50. The molecule has 1 spiro atoms. The Labute approximate surface area is 395 Å². The number of aromatic nitrogens is 1. The molecule has 0 amide bonds. The zero-order valence-electron chi connectivity index (χ0n) is 37.2. The molecule has 12 aromatic rings. The van der Waals surface area contributed by atoms with Gasteiger partial charge in [-0.05, 0) is 146 Å². The van der Waals surface area contributed by atoms with E-state index in [4.69, 9.17) is 0 Å². The first-order valence-corrected chi connectivity index (χ1v) is 23.5. The minimum absolute atomic E-state index is 0.546. The summed E-state index contributed by atoms with van der Waals surface area (Å²) in [5.74, 6) is 0. The first-order valence-electron chi connectivity index (χ1n) is 23.5. The maximum Gasteiger partial charge on any atom is 0.0726 e. The number of rotatable bonds is 7. The minimum atomic E-state index is -0.546. The summed E-state index contributed by atoms with van der Waals surface area (Å²) in [6, 6.07) is 96.2. The molecule has 2 aliphatic rings. The van der Waals surface area contributed by atoms with Crippen LogP contribution in [0.25, 0.3) is 60.5 Å². The van der Waals surface area contributed by atoms with E-state index in [2.05, 4.69) is 275 Å². The highest BCUT2D eigenvalue weighted by atomic mass is 15.1. The normalized spacial score (nSPS) is 14.2. The van der Waals surface area contributed by atoms with Crippen molar-refractivity contribution >= 4 is 66.7 Å². The quantitative estimate of drug-likeness (QED) is 0.158. The van der Waals surface area contributed by atoms with Gasteiger partial charge >= 0.3 is 0 Å². The van der Waals surface area contributed by atoms with E-state index in [1.165, 1.54) is 77.1 Å². The van der Waals surface area contributed by atoms with E-state index < -0.39 is 5.41 Å². The number of hydrogen-bond donors (Lipinski definition) is 0. The summed E-state index contributed by atoms with van der Waals surface area (Å²) in [5.41, 5.74) is 19.9. The lowest BCUT2D eigenvalue weighted by Gasteiger charge is -2.32. The van der Waals surface area contributed by atoms with Crippen LogP contribution in [0.4, 0.5) is 34.1 Å². The lowest BCUT2D eigenvalue weighted by Crippen LogP contribution is -2.26. The van der Waals surface area contributed by atoms with Gasteiger partial charge in [0.1, 0.15) is 0 Å². The van der Waals surface area contributed by atoms with Gasteiger partial charge in [-0.25, -0.2) is 0 Å². The molecule has 0 saturated heterocycles. The van der Waals surface area contributed by atoms with Crippen LogP contribution in [0.15, 0.2) is 261 Å². The Morgan fingerprint density at radius 3 is 1.50 bits per heavy atom. The van der Waals surface area contributed by atoms with Gasteiger partial charge in [0.05, 0.1) is 16.4 Å². The van der Waals surface area contributed by atoms with Crippen molar-refractivity contribution in [3.8, 4) is 27.9 Å². The second kappa shape index (κ2) is 15.1. The van der Waals surface area contributed by atoms with Gasteiger partial charge in [0.25, 0.3) is 0 Å². The highest BCUT2D eigenvalue weighted by Crippen LogP contribution is 2.64. The molecule has 1 aromatic heterocycles. The Morgan fingerprint density at radius 1 is 0.265 bits per heavy atom. The Hall–Kier alpha value is -8.92. The molecule has 11 aromatic carbocycles. The molecule has 0 bridgehead atoms. The zero-order chi connectivity index (χ0) is 44.8. The van der Waals surface area contributed by atoms with Crippen molar-refractivity contribution in [3.63, 3.8) is 0 Å². The average molecular weight is 866 g/mol. The van der Waals surface area contributed by atoms with Crippen LogP contribution in [-0.2, 0) is 5.41 Å². The van der Waals surface area contributed by atoms with Gasteiger partial charge in [-0.3, -0.25) is 0 Å². The number of hydrogen-bond acceptors (Lipinski definition) is 2. The molecule has 318 valence electrons. The largest absolute Gasteiger partial charge is 0.310 e. The summed E-state index contributed by atoms with van der Waals surface area (Å²) in [4.78, 5) is 4.84. The molecule has 0 radical (unpaired) electrons. The molecule has 1 unspecified atom stereocenters. The maximum atomic E-state index is 2.50. The number of para-hydroxylation sites is 4. The Morgan fingerprint density at radius 2 is 0.750 bits per heavy atom. The monoisotopic (exact) mass is 865 g/mol. The van der Waals surface area contributed by atoms with Gasteiger partial charge < -0.3 is 14.4 Å². The summed E-state index contributed by atoms with van der Waals surface area (Å²) in [6.45, 7) is 0. The molecular weight excluding hydrogens is 823 g/mol. The second-order valence-corrected chi connectivity index (χ2v) is 18.1. The fraction of sp³-hybridized carbons (Fsp3) is 0.0154. The lowest BCUT2D eigenvalue weighted by molar-refractivity contribution is 0.793. The third-order valence-corrected chi connectivity index (χ3v) is 14.5. The molecule has 0 saturated carbocycles. The Bertz CT molecular complexity index is 3890. The van der Waals surface area contributed by atoms with E-state index in [-0.39, 0.29) is 0 Å². The van der Waals surface area contributed by atoms with E-state index in [0.717, 1.165) is 39.8 Å². The van der Waals surface area contributed by atoms with E-state index in [1.54, 1.807) is 0 Å². The number of benzene rings is 11.